The quantitative estimate of drug-likeness (QED) is 0.624. The lowest BCUT2D eigenvalue weighted by atomic mass is 9.96. The molecule has 3 rings (SSSR count). The number of hydrazine groups is 1. The number of aromatic nitrogens is 3. The van der Waals surface area contributed by atoms with Gasteiger partial charge in [-0.05, 0) is 25.7 Å². The average molecular weight is 247 g/mol. The van der Waals surface area contributed by atoms with Gasteiger partial charge >= 0.3 is 0 Å². The molecule has 0 aliphatic heterocycles. The molecule has 0 spiro atoms. The molecule has 0 saturated carbocycles. The molecule has 2 aromatic rings. The molecule has 6 heteroatoms. The Labute approximate surface area is 103 Å². The summed E-state index contributed by atoms with van der Waals surface area (Å²) in [6.45, 7) is 0. The van der Waals surface area contributed by atoms with Gasteiger partial charge in [-0.2, -0.15) is 0 Å². The second-order valence-corrected chi connectivity index (χ2v) is 4.92. The molecule has 0 aromatic carbocycles. The van der Waals surface area contributed by atoms with Crippen LogP contribution in [0, 0.1) is 0 Å². The lowest BCUT2D eigenvalue weighted by Gasteiger charge is -2.18. The second-order valence-electron chi connectivity index (χ2n) is 4.04. The van der Waals surface area contributed by atoms with Crippen LogP contribution in [0.1, 0.15) is 24.1 Å². The molecule has 1 aliphatic carbocycles. The highest BCUT2D eigenvalue weighted by molar-refractivity contribution is 7.13. The summed E-state index contributed by atoms with van der Waals surface area (Å²) in [5, 5.41) is 0. The predicted molar refractivity (Wildman–Crippen MR) is 67.6 cm³/mol. The van der Waals surface area contributed by atoms with Crippen molar-refractivity contribution in [1.29, 1.82) is 0 Å². The fraction of sp³-hybridized carbons (Fsp3) is 0.364. The topological polar surface area (TPSA) is 76.7 Å². The Hall–Kier alpha value is -1.53. The van der Waals surface area contributed by atoms with Gasteiger partial charge in [-0.15, -0.1) is 11.3 Å². The van der Waals surface area contributed by atoms with Crippen molar-refractivity contribution >= 4 is 17.2 Å². The molecule has 2 heterocycles. The first-order chi connectivity index (χ1) is 8.38. The summed E-state index contributed by atoms with van der Waals surface area (Å²) in [4.78, 5) is 14.1. The highest BCUT2D eigenvalue weighted by Crippen LogP contribution is 2.28. The standard InChI is InChI=1S/C11H13N5S/c12-16-10-7-3-1-2-4-8(7)14-11(15-10)9-5-13-6-17-9/h5-6H,1-4,12H2,(H,14,15,16). The minimum absolute atomic E-state index is 0.723. The Balaban J connectivity index is 2.12. The molecular formula is C11H13N5S. The molecular weight excluding hydrogens is 234 g/mol. The van der Waals surface area contributed by atoms with Crippen molar-refractivity contribution in [3.63, 3.8) is 0 Å². The summed E-state index contributed by atoms with van der Waals surface area (Å²) < 4.78 is 0. The van der Waals surface area contributed by atoms with E-state index in [1.165, 1.54) is 18.4 Å². The molecule has 2 aromatic heterocycles. The van der Waals surface area contributed by atoms with Crippen LogP contribution in [0.25, 0.3) is 10.7 Å². The van der Waals surface area contributed by atoms with Crippen molar-refractivity contribution < 1.29 is 0 Å². The van der Waals surface area contributed by atoms with Crippen molar-refractivity contribution in [2.75, 3.05) is 5.43 Å². The van der Waals surface area contributed by atoms with E-state index in [1.54, 1.807) is 23.0 Å². The molecule has 0 unspecified atom stereocenters. The van der Waals surface area contributed by atoms with Crippen LogP contribution in [0.4, 0.5) is 5.82 Å². The van der Waals surface area contributed by atoms with Gasteiger partial charge in [0.25, 0.3) is 0 Å². The summed E-state index contributed by atoms with van der Waals surface area (Å²) in [5.41, 5.74) is 6.78. The van der Waals surface area contributed by atoms with Crippen LogP contribution in [0.2, 0.25) is 0 Å². The zero-order valence-electron chi connectivity index (χ0n) is 9.31. The number of aryl methyl sites for hydroxylation is 1. The molecule has 17 heavy (non-hydrogen) atoms. The number of nitrogen functional groups attached to an aromatic ring is 1. The fourth-order valence-electron chi connectivity index (χ4n) is 2.15. The third-order valence-electron chi connectivity index (χ3n) is 2.97. The second kappa shape index (κ2) is 4.38. The summed E-state index contributed by atoms with van der Waals surface area (Å²) in [6.07, 6.45) is 6.19. The lowest BCUT2D eigenvalue weighted by Crippen LogP contribution is -2.16. The molecule has 0 saturated heterocycles. The van der Waals surface area contributed by atoms with Crippen molar-refractivity contribution in [3.05, 3.63) is 23.0 Å². The summed E-state index contributed by atoms with van der Waals surface area (Å²) in [6, 6.07) is 0. The SMILES string of the molecule is NNc1nc(-c2cncs2)nc2c1CCCC2. The van der Waals surface area contributed by atoms with Crippen molar-refractivity contribution in [3.8, 4) is 10.7 Å². The third kappa shape index (κ3) is 1.89. The van der Waals surface area contributed by atoms with E-state index in [2.05, 4.69) is 20.4 Å². The zero-order valence-corrected chi connectivity index (χ0v) is 10.1. The molecule has 88 valence electrons. The van der Waals surface area contributed by atoms with Gasteiger partial charge < -0.3 is 5.43 Å². The number of nitrogens with two attached hydrogens (primary N) is 1. The van der Waals surface area contributed by atoms with E-state index in [-0.39, 0.29) is 0 Å². The Morgan fingerprint density at radius 2 is 2.12 bits per heavy atom. The van der Waals surface area contributed by atoms with Gasteiger partial charge in [-0.3, -0.25) is 4.98 Å². The van der Waals surface area contributed by atoms with Gasteiger partial charge in [0.15, 0.2) is 5.82 Å². The first-order valence-electron chi connectivity index (χ1n) is 5.64. The average Bonchev–Trinajstić information content (AvgIpc) is 2.91. The zero-order chi connectivity index (χ0) is 11.7. The van der Waals surface area contributed by atoms with Crippen LogP contribution >= 0.6 is 11.3 Å². The number of nitrogens with one attached hydrogen (secondary N) is 1. The molecule has 0 bridgehead atoms. The maximum absolute atomic E-state index is 5.54. The van der Waals surface area contributed by atoms with E-state index in [0.29, 0.717) is 0 Å². The van der Waals surface area contributed by atoms with Gasteiger partial charge in [-0.25, -0.2) is 15.8 Å². The van der Waals surface area contributed by atoms with Crippen LogP contribution < -0.4 is 11.3 Å². The minimum Gasteiger partial charge on any atom is -0.308 e. The largest absolute Gasteiger partial charge is 0.308 e. The van der Waals surface area contributed by atoms with Crippen LogP contribution in [0.5, 0.6) is 0 Å². The van der Waals surface area contributed by atoms with Crippen LogP contribution in [0.15, 0.2) is 11.7 Å². The normalized spacial score (nSPS) is 14.4. The highest BCUT2D eigenvalue weighted by atomic mass is 32.1. The van der Waals surface area contributed by atoms with Crippen molar-refractivity contribution in [2.24, 2.45) is 5.84 Å². The smallest absolute Gasteiger partial charge is 0.173 e. The number of hydrogen-bond donors (Lipinski definition) is 2. The molecule has 0 fully saturated rings. The monoisotopic (exact) mass is 247 g/mol. The van der Waals surface area contributed by atoms with E-state index in [0.717, 1.165) is 35.1 Å². The highest BCUT2D eigenvalue weighted by Gasteiger charge is 2.18. The Morgan fingerprint density at radius 3 is 2.88 bits per heavy atom. The number of nitrogens with zero attached hydrogens (tertiary/aromatic N) is 3. The number of hydrogen-bond acceptors (Lipinski definition) is 6. The Bertz CT molecular complexity index is 506. The van der Waals surface area contributed by atoms with E-state index in [9.17, 15) is 0 Å². The van der Waals surface area contributed by atoms with Crippen LogP contribution in [-0.2, 0) is 12.8 Å². The van der Waals surface area contributed by atoms with E-state index >= 15 is 0 Å². The molecule has 1 aliphatic rings. The summed E-state index contributed by atoms with van der Waals surface area (Å²) in [5.74, 6) is 7.03. The number of anilines is 1. The maximum atomic E-state index is 5.54. The van der Waals surface area contributed by atoms with Crippen LogP contribution in [-0.4, -0.2) is 15.0 Å². The van der Waals surface area contributed by atoms with Crippen molar-refractivity contribution in [2.45, 2.75) is 25.7 Å². The van der Waals surface area contributed by atoms with Gasteiger partial charge in [0.05, 0.1) is 10.4 Å². The predicted octanol–water partition coefficient (Wildman–Crippen LogP) is 1.76. The molecule has 0 atom stereocenters. The summed E-state index contributed by atoms with van der Waals surface area (Å²) in [7, 11) is 0. The number of fused-ring (bicyclic) bond motifs is 1. The lowest BCUT2D eigenvalue weighted by molar-refractivity contribution is 0.665. The Kier molecular flexibility index (Phi) is 2.74. The Morgan fingerprint density at radius 1 is 1.24 bits per heavy atom. The molecule has 0 amide bonds. The van der Waals surface area contributed by atoms with E-state index < -0.39 is 0 Å². The van der Waals surface area contributed by atoms with Crippen molar-refractivity contribution in [1.82, 2.24) is 15.0 Å². The van der Waals surface area contributed by atoms with E-state index in [4.69, 9.17) is 5.84 Å². The first-order valence-corrected chi connectivity index (χ1v) is 6.51. The maximum Gasteiger partial charge on any atom is 0.173 e. The van der Waals surface area contributed by atoms with Gasteiger partial charge in [0.2, 0.25) is 0 Å². The number of rotatable bonds is 2. The number of thiazole rings is 1. The van der Waals surface area contributed by atoms with Gasteiger partial charge in [0, 0.05) is 17.5 Å². The molecule has 3 N–H and O–H groups in total. The molecule has 0 radical (unpaired) electrons. The molecule has 5 nitrogen and oxygen atoms in total. The fourth-order valence-corrected chi connectivity index (χ4v) is 2.70. The minimum atomic E-state index is 0.723. The third-order valence-corrected chi connectivity index (χ3v) is 3.74. The first kappa shape index (κ1) is 10.6. The van der Waals surface area contributed by atoms with Gasteiger partial charge in [0.1, 0.15) is 5.82 Å². The van der Waals surface area contributed by atoms with Gasteiger partial charge in [-0.1, -0.05) is 0 Å². The van der Waals surface area contributed by atoms with E-state index in [1.807, 2.05) is 0 Å². The van der Waals surface area contributed by atoms with Crippen LogP contribution in [0.3, 0.4) is 0 Å². The summed E-state index contributed by atoms with van der Waals surface area (Å²) >= 11 is 1.54.